The fourth-order valence-corrected chi connectivity index (χ4v) is 1.81. The summed E-state index contributed by atoms with van der Waals surface area (Å²) >= 11 is 0. The van der Waals surface area contributed by atoms with Gasteiger partial charge in [0.25, 0.3) is 0 Å². The Morgan fingerprint density at radius 3 is 2.67 bits per heavy atom. The average Bonchev–Trinajstić information content (AvgIpc) is 2.86. The molecule has 4 heteroatoms. The molecular formula is C14H14F2O2. The van der Waals surface area contributed by atoms with Crippen LogP contribution >= 0.6 is 0 Å². The third kappa shape index (κ3) is 2.59. The minimum atomic E-state index is -1.04. The first-order valence-electron chi connectivity index (χ1n) is 5.74. The standard InChI is InChI=1S/C14H14F2O2/c1-9-4-6-11(14(16)13(9)15)12(17)7-5-10-3-2-8-18-10/h2-4,6,8,12,17H,5,7H2,1H3. The summed E-state index contributed by atoms with van der Waals surface area (Å²) in [7, 11) is 0. The summed E-state index contributed by atoms with van der Waals surface area (Å²) in [5, 5.41) is 9.87. The lowest BCUT2D eigenvalue weighted by Crippen LogP contribution is -2.05. The van der Waals surface area contributed by atoms with Crippen LogP contribution < -0.4 is 0 Å². The largest absolute Gasteiger partial charge is 0.469 e. The van der Waals surface area contributed by atoms with Gasteiger partial charge >= 0.3 is 0 Å². The summed E-state index contributed by atoms with van der Waals surface area (Å²) in [6, 6.07) is 6.40. The van der Waals surface area contributed by atoms with Crippen LogP contribution in [0.15, 0.2) is 34.9 Å². The Morgan fingerprint density at radius 2 is 2.00 bits per heavy atom. The molecule has 1 unspecified atom stereocenters. The van der Waals surface area contributed by atoms with Gasteiger partial charge in [-0.15, -0.1) is 0 Å². The van der Waals surface area contributed by atoms with Crippen LogP contribution in [-0.4, -0.2) is 5.11 Å². The molecule has 0 fully saturated rings. The lowest BCUT2D eigenvalue weighted by Gasteiger charge is -2.12. The van der Waals surface area contributed by atoms with Crippen LogP contribution in [0.3, 0.4) is 0 Å². The van der Waals surface area contributed by atoms with Crippen LogP contribution in [-0.2, 0) is 6.42 Å². The number of hydrogen-bond acceptors (Lipinski definition) is 2. The topological polar surface area (TPSA) is 33.4 Å². The summed E-state index contributed by atoms with van der Waals surface area (Å²) in [5.41, 5.74) is 0.221. The predicted octanol–water partition coefficient (Wildman–Crippen LogP) is 3.53. The zero-order chi connectivity index (χ0) is 13.1. The van der Waals surface area contributed by atoms with E-state index in [1.54, 1.807) is 12.1 Å². The van der Waals surface area contributed by atoms with Crippen molar-refractivity contribution in [1.29, 1.82) is 0 Å². The Bertz CT molecular complexity index is 521. The number of hydrogen-bond donors (Lipinski definition) is 1. The first kappa shape index (κ1) is 12.8. The van der Waals surface area contributed by atoms with Crippen molar-refractivity contribution < 1.29 is 18.3 Å². The fourth-order valence-electron chi connectivity index (χ4n) is 1.81. The van der Waals surface area contributed by atoms with Gasteiger partial charge in [0.1, 0.15) is 5.76 Å². The normalized spacial score (nSPS) is 12.7. The monoisotopic (exact) mass is 252 g/mol. The second-order valence-electron chi connectivity index (χ2n) is 4.23. The lowest BCUT2D eigenvalue weighted by molar-refractivity contribution is 0.159. The number of aliphatic hydroxyl groups excluding tert-OH is 1. The van der Waals surface area contributed by atoms with Crippen LogP contribution in [0, 0.1) is 18.6 Å². The zero-order valence-electron chi connectivity index (χ0n) is 9.99. The van der Waals surface area contributed by atoms with Gasteiger partial charge in [-0.3, -0.25) is 0 Å². The summed E-state index contributed by atoms with van der Waals surface area (Å²) in [5.74, 6) is -1.16. The van der Waals surface area contributed by atoms with E-state index >= 15 is 0 Å². The van der Waals surface area contributed by atoms with Crippen molar-refractivity contribution in [2.24, 2.45) is 0 Å². The molecule has 1 atom stereocenters. The van der Waals surface area contributed by atoms with E-state index in [0.717, 1.165) is 0 Å². The second-order valence-corrected chi connectivity index (χ2v) is 4.23. The minimum Gasteiger partial charge on any atom is -0.469 e. The maximum atomic E-state index is 13.6. The molecule has 0 aliphatic rings. The molecule has 0 amide bonds. The molecule has 0 aliphatic heterocycles. The SMILES string of the molecule is Cc1ccc(C(O)CCc2ccco2)c(F)c1F. The van der Waals surface area contributed by atoms with Crippen molar-refractivity contribution in [2.75, 3.05) is 0 Å². The number of aryl methyl sites for hydroxylation is 2. The molecule has 0 saturated heterocycles. The van der Waals surface area contributed by atoms with Crippen molar-refractivity contribution in [3.8, 4) is 0 Å². The van der Waals surface area contributed by atoms with Crippen LogP contribution in [0.25, 0.3) is 0 Å². The van der Waals surface area contributed by atoms with Crippen LogP contribution in [0.2, 0.25) is 0 Å². The number of rotatable bonds is 4. The molecule has 1 N–H and O–H groups in total. The predicted molar refractivity (Wildman–Crippen MR) is 63.1 cm³/mol. The molecule has 0 spiro atoms. The lowest BCUT2D eigenvalue weighted by atomic mass is 10.0. The maximum absolute atomic E-state index is 13.6. The van der Waals surface area contributed by atoms with Crippen LogP contribution in [0.4, 0.5) is 8.78 Å². The molecule has 2 nitrogen and oxygen atoms in total. The molecule has 1 heterocycles. The second kappa shape index (κ2) is 5.31. The van der Waals surface area contributed by atoms with E-state index in [1.165, 1.54) is 25.3 Å². The summed E-state index contributed by atoms with van der Waals surface area (Å²) in [4.78, 5) is 0. The molecule has 0 radical (unpaired) electrons. The molecule has 18 heavy (non-hydrogen) atoms. The van der Waals surface area contributed by atoms with Gasteiger partial charge in [-0.05, 0) is 31.0 Å². The molecule has 0 aliphatic carbocycles. The third-order valence-electron chi connectivity index (χ3n) is 2.91. The van der Waals surface area contributed by atoms with E-state index in [4.69, 9.17) is 4.42 Å². The third-order valence-corrected chi connectivity index (χ3v) is 2.91. The van der Waals surface area contributed by atoms with Gasteiger partial charge in [0.05, 0.1) is 12.4 Å². The van der Waals surface area contributed by atoms with Gasteiger partial charge in [-0.2, -0.15) is 0 Å². The van der Waals surface area contributed by atoms with Crippen molar-refractivity contribution in [2.45, 2.75) is 25.9 Å². The highest BCUT2D eigenvalue weighted by Gasteiger charge is 2.17. The molecule has 1 aromatic heterocycles. The molecule has 0 saturated carbocycles. The highest BCUT2D eigenvalue weighted by molar-refractivity contribution is 5.27. The Kier molecular flexibility index (Phi) is 3.77. The van der Waals surface area contributed by atoms with Crippen molar-refractivity contribution in [1.82, 2.24) is 0 Å². The Morgan fingerprint density at radius 1 is 1.22 bits per heavy atom. The molecule has 2 aromatic rings. The van der Waals surface area contributed by atoms with E-state index in [-0.39, 0.29) is 17.5 Å². The van der Waals surface area contributed by atoms with Crippen molar-refractivity contribution in [3.05, 3.63) is 59.1 Å². The molecule has 2 rings (SSSR count). The van der Waals surface area contributed by atoms with E-state index in [9.17, 15) is 13.9 Å². The Hall–Kier alpha value is -1.68. The first-order chi connectivity index (χ1) is 8.59. The van der Waals surface area contributed by atoms with Crippen molar-refractivity contribution >= 4 is 0 Å². The van der Waals surface area contributed by atoms with E-state index < -0.39 is 17.7 Å². The van der Waals surface area contributed by atoms with Gasteiger partial charge < -0.3 is 9.52 Å². The number of aliphatic hydroxyl groups is 1. The molecular weight excluding hydrogens is 238 g/mol. The minimum absolute atomic E-state index is 0.00958. The van der Waals surface area contributed by atoms with Crippen molar-refractivity contribution in [3.63, 3.8) is 0 Å². The van der Waals surface area contributed by atoms with Gasteiger partial charge in [0.2, 0.25) is 0 Å². The molecule has 1 aromatic carbocycles. The van der Waals surface area contributed by atoms with E-state index in [1.807, 2.05) is 0 Å². The van der Waals surface area contributed by atoms with E-state index in [0.29, 0.717) is 12.2 Å². The summed E-state index contributed by atoms with van der Waals surface area (Å²) < 4.78 is 32.1. The summed E-state index contributed by atoms with van der Waals surface area (Å²) in [6.45, 7) is 1.48. The number of benzene rings is 1. The zero-order valence-corrected chi connectivity index (χ0v) is 9.99. The first-order valence-corrected chi connectivity index (χ1v) is 5.74. The average molecular weight is 252 g/mol. The number of furan rings is 1. The van der Waals surface area contributed by atoms with Crippen LogP contribution in [0.5, 0.6) is 0 Å². The van der Waals surface area contributed by atoms with Gasteiger partial charge in [-0.25, -0.2) is 8.78 Å². The number of halogens is 2. The maximum Gasteiger partial charge on any atom is 0.164 e. The van der Waals surface area contributed by atoms with Gasteiger partial charge in [0.15, 0.2) is 11.6 Å². The van der Waals surface area contributed by atoms with Crippen LogP contribution in [0.1, 0.15) is 29.4 Å². The van der Waals surface area contributed by atoms with Gasteiger partial charge in [0, 0.05) is 12.0 Å². The Balaban J connectivity index is 2.09. The van der Waals surface area contributed by atoms with E-state index in [2.05, 4.69) is 0 Å². The van der Waals surface area contributed by atoms with Gasteiger partial charge in [-0.1, -0.05) is 12.1 Å². The summed E-state index contributed by atoms with van der Waals surface area (Å²) in [6.07, 6.45) is 1.26. The molecule has 96 valence electrons. The molecule has 0 bridgehead atoms. The smallest absolute Gasteiger partial charge is 0.164 e. The quantitative estimate of drug-likeness (QED) is 0.903. The highest BCUT2D eigenvalue weighted by Crippen LogP contribution is 2.25. The fraction of sp³-hybridized carbons (Fsp3) is 0.286. The Labute approximate surface area is 104 Å². The highest BCUT2D eigenvalue weighted by atomic mass is 19.2.